The number of hydrogen-bond donors (Lipinski definition) is 1. The van der Waals surface area contributed by atoms with Gasteiger partial charge in [-0.05, 0) is 48.5 Å². The molecule has 0 aliphatic carbocycles. The van der Waals surface area contributed by atoms with E-state index in [0.717, 1.165) is 18.2 Å². The van der Waals surface area contributed by atoms with Crippen LogP contribution in [-0.2, 0) is 25.5 Å². The number of esters is 1. The maximum atomic E-state index is 13.0. The minimum Gasteiger partial charge on any atom is -0.452 e. The maximum absolute atomic E-state index is 13.0. The molecule has 4 rings (SSSR count). The molecule has 180 valence electrons. The van der Waals surface area contributed by atoms with Crippen LogP contribution in [-0.4, -0.2) is 32.7 Å². The highest BCUT2D eigenvalue weighted by molar-refractivity contribution is 7.91. The molecule has 0 saturated heterocycles. The molecule has 0 radical (unpaired) electrons. The highest BCUT2D eigenvalue weighted by atomic mass is 35.5. The largest absolute Gasteiger partial charge is 0.452 e. The Labute approximate surface area is 201 Å². The fraction of sp³-hybridized carbons (Fsp3) is 0.0870. The highest BCUT2D eigenvalue weighted by Gasteiger charge is 2.35. The van der Waals surface area contributed by atoms with Crippen molar-refractivity contribution in [1.82, 2.24) is 0 Å². The predicted molar refractivity (Wildman–Crippen MR) is 117 cm³/mol. The number of ether oxygens (including phenoxy) is 1. The number of fused-ring (bicyclic) bond motifs is 2. The molecule has 1 N–H and O–H groups in total. The number of halogens is 4. The van der Waals surface area contributed by atoms with E-state index in [4.69, 9.17) is 16.3 Å². The molecule has 3 aromatic rings. The lowest BCUT2D eigenvalue weighted by molar-refractivity contribution is -0.137. The third-order valence-corrected chi connectivity index (χ3v) is 7.24. The molecule has 0 aromatic heterocycles. The van der Waals surface area contributed by atoms with Crippen LogP contribution in [0.2, 0.25) is 5.02 Å². The van der Waals surface area contributed by atoms with Gasteiger partial charge in [-0.25, -0.2) is 13.2 Å². The summed E-state index contributed by atoms with van der Waals surface area (Å²) in [5.41, 5.74) is -1.71. The van der Waals surface area contributed by atoms with Crippen molar-refractivity contribution in [2.24, 2.45) is 0 Å². The lowest BCUT2D eigenvalue weighted by atomic mass is 10.0. The second-order valence-corrected chi connectivity index (χ2v) is 9.65. The number of alkyl halides is 3. The molecule has 0 atom stereocenters. The molecular weight excluding hydrogens is 511 g/mol. The van der Waals surface area contributed by atoms with E-state index < -0.39 is 50.9 Å². The Hall–Kier alpha value is -3.70. The quantitative estimate of drug-likeness (QED) is 0.394. The fourth-order valence-electron chi connectivity index (χ4n) is 3.44. The first-order chi connectivity index (χ1) is 16.4. The van der Waals surface area contributed by atoms with Crippen molar-refractivity contribution < 1.29 is 40.7 Å². The van der Waals surface area contributed by atoms with Crippen LogP contribution >= 0.6 is 11.6 Å². The molecule has 1 amide bonds. The van der Waals surface area contributed by atoms with Crippen molar-refractivity contribution in [3.8, 4) is 0 Å². The van der Waals surface area contributed by atoms with Gasteiger partial charge in [0, 0.05) is 16.8 Å². The molecule has 0 unspecified atom stereocenters. The smallest absolute Gasteiger partial charge is 0.417 e. The van der Waals surface area contributed by atoms with E-state index in [-0.39, 0.29) is 32.2 Å². The van der Waals surface area contributed by atoms with E-state index in [1.807, 2.05) is 0 Å². The van der Waals surface area contributed by atoms with Gasteiger partial charge >= 0.3 is 12.1 Å². The molecule has 3 aromatic carbocycles. The Balaban J connectivity index is 1.49. The molecule has 0 spiro atoms. The summed E-state index contributed by atoms with van der Waals surface area (Å²) in [5, 5.41) is 1.60. The van der Waals surface area contributed by atoms with Gasteiger partial charge in [0.1, 0.15) is 0 Å². The van der Waals surface area contributed by atoms with Crippen molar-refractivity contribution in [2.45, 2.75) is 16.0 Å². The van der Waals surface area contributed by atoms with Gasteiger partial charge < -0.3 is 10.1 Å². The molecule has 7 nitrogen and oxygen atoms in total. The minimum absolute atomic E-state index is 0.0166. The van der Waals surface area contributed by atoms with Gasteiger partial charge in [-0.3, -0.25) is 9.59 Å². The highest BCUT2D eigenvalue weighted by Crippen LogP contribution is 2.36. The first kappa shape index (κ1) is 24.4. The van der Waals surface area contributed by atoms with Gasteiger partial charge in [-0.2, -0.15) is 13.2 Å². The summed E-state index contributed by atoms with van der Waals surface area (Å²) in [7, 11) is -4.09. The zero-order chi connectivity index (χ0) is 25.5. The van der Waals surface area contributed by atoms with Crippen molar-refractivity contribution >= 4 is 44.8 Å². The van der Waals surface area contributed by atoms with Crippen LogP contribution in [0.5, 0.6) is 0 Å². The summed E-state index contributed by atoms with van der Waals surface area (Å²) in [6.45, 7) is -0.867. The standard InChI is InChI=1S/C23H13ClF3NO6S/c24-17-8-6-13(10-16(17)23(25,26)27)28-20(29)11-34-22(31)12-5-7-15-19(9-12)35(32,33)18-4-2-1-3-14(18)21(15)30/h1-10H,11H2,(H,28,29). The minimum atomic E-state index is -4.74. The Kier molecular flexibility index (Phi) is 6.16. The first-order valence-corrected chi connectivity index (χ1v) is 11.6. The Morgan fingerprint density at radius 2 is 1.63 bits per heavy atom. The Bertz CT molecular complexity index is 1500. The number of benzene rings is 3. The van der Waals surface area contributed by atoms with Crippen molar-refractivity contribution in [3.63, 3.8) is 0 Å². The van der Waals surface area contributed by atoms with Crippen LogP contribution in [0.1, 0.15) is 31.8 Å². The van der Waals surface area contributed by atoms with Gasteiger partial charge in [0.05, 0.1) is 25.9 Å². The van der Waals surface area contributed by atoms with Crippen LogP contribution < -0.4 is 5.32 Å². The average molecular weight is 524 g/mol. The van der Waals surface area contributed by atoms with Crippen LogP contribution in [0.3, 0.4) is 0 Å². The van der Waals surface area contributed by atoms with Crippen molar-refractivity contribution in [3.05, 3.63) is 87.9 Å². The molecule has 35 heavy (non-hydrogen) atoms. The number of carbonyl (C=O) groups is 3. The summed E-state index contributed by atoms with van der Waals surface area (Å²) in [6.07, 6.45) is -4.74. The number of rotatable bonds is 4. The second-order valence-electron chi connectivity index (χ2n) is 7.36. The van der Waals surface area contributed by atoms with Gasteiger partial charge in [0.15, 0.2) is 12.4 Å². The fourth-order valence-corrected chi connectivity index (χ4v) is 5.35. The number of anilines is 1. The normalized spacial score (nSPS) is 14.0. The van der Waals surface area contributed by atoms with E-state index in [0.29, 0.717) is 6.07 Å². The van der Waals surface area contributed by atoms with Crippen LogP contribution in [0.25, 0.3) is 0 Å². The summed E-state index contributed by atoms with van der Waals surface area (Å²) in [5.74, 6) is -2.54. The zero-order valence-corrected chi connectivity index (χ0v) is 18.9. The lowest BCUT2D eigenvalue weighted by Gasteiger charge is -2.19. The van der Waals surface area contributed by atoms with Gasteiger partial charge in [0.2, 0.25) is 9.84 Å². The lowest BCUT2D eigenvalue weighted by Crippen LogP contribution is -2.23. The van der Waals surface area contributed by atoms with Crippen LogP contribution in [0, 0.1) is 0 Å². The third kappa shape index (κ3) is 4.64. The van der Waals surface area contributed by atoms with Gasteiger partial charge in [0.25, 0.3) is 5.91 Å². The summed E-state index contributed by atoms with van der Waals surface area (Å²) in [4.78, 5) is 36.6. The third-order valence-electron chi connectivity index (χ3n) is 5.06. The number of sulfone groups is 1. The Morgan fingerprint density at radius 3 is 2.34 bits per heavy atom. The Morgan fingerprint density at radius 1 is 0.943 bits per heavy atom. The van der Waals surface area contributed by atoms with Crippen LogP contribution in [0.15, 0.2) is 70.5 Å². The predicted octanol–water partition coefficient (Wildman–Crippen LogP) is 4.53. The van der Waals surface area contributed by atoms with Gasteiger partial charge in [-0.1, -0.05) is 23.7 Å². The van der Waals surface area contributed by atoms with E-state index in [1.54, 1.807) is 0 Å². The molecular formula is C23H13ClF3NO6S. The van der Waals surface area contributed by atoms with Crippen molar-refractivity contribution in [1.29, 1.82) is 0 Å². The van der Waals surface area contributed by atoms with E-state index >= 15 is 0 Å². The SMILES string of the molecule is O=C(COC(=O)c1ccc2c(c1)S(=O)(=O)c1ccccc1C2=O)Nc1ccc(Cl)c(C(F)(F)F)c1. The van der Waals surface area contributed by atoms with Crippen molar-refractivity contribution in [2.75, 3.05) is 11.9 Å². The number of carbonyl (C=O) groups excluding carboxylic acids is 3. The average Bonchev–Trinajstić information content (AvgIpc) is 2.81. The number of amides is 1. The molecule has 1 heterocycles. The summed E-state index contributed by atoms with van der Waals surface area (Å²) in [6, 6.07) is 11.7. The molecule has 0 bridgehead atoms. The molecule has 0 fully saturated rings. The van der Waals surface area contributed by atoms with Crippen LogP contribution in [0.4, 0.5) is 18.9 Å². The summed E-state index contributed by atoms with van der Waals surface area (Å²) < 4.78 is 69.6. The molecule has 0 saturated carbocycles. The number of nitrogens with one attached hydrogen (secondary N) is 1. The van der Waals surface area contributed by atoms with E-state index in [9.17, 15) is 36.0 Å². The number of ketones is 1. The second kappa shape index (κ2) is 8.82. The summed E-state index contributed by atoms with van der Waals surface area (Å²) >= 11 is 5.53. The van der Waals surface area contributed by atoms with Gasteiger partial charge in [-0.15, -0.1) is 0 Å². The first-order valence-electron chi connectivity index (χ1n) is 9.76. The maximum Gasteiger partial charge on any atom is 0.417 e. The number of hydrogen-bond acceptors (Lipinski definition) is 6. The zero-order valence-electron chi connectivity index (χ0n) is 17.4. The van der Waals surface area contributed by atoms with E-state index in [1.165, 1.54) is 36.4 Å². The molecule has 1 aliphatic rings. The molecule has 1 aliphatic heterocycles. The molecule has 12 heteroatoms. The monoisotopic (exact) mass is 523 g/mol. The van der Waals surface area contributed by atoms with E-state index in [2.05, 4.69) is 5.32 Å². The topological polar surface area (TPSA) is 107 Å².